The zero-order valence-corrected chi connectivity index (χ0v) is 22.6. The summed E-state index contributed by atoms with van der Waals surface area (Å²) < 4.78 is 34.4. The van der Waals surface area contributed by atoms with Gasteiger partial charge >= 0.3 is 6.03 Å². The van der Waals surface area contributed by atoms with Crippen molar-refractivity contribution in [1.82, 2.24) is 25.1 Å². The maximum atomic E-state index is 14.1. The summed E-state index contributed by atoms with van der Waals surface area (Å²) in [4.78, 5) is 23.6. The molecule has 0 aliphatic carbocycles. The normalized spacial score (nSPS) is 17.1. The van der Waals surface area contributed by atoms with E-state index in [0.717, 1.165) is 23.4 Å². The predicted molar refractivity (Wildman–Crippen MR) is 147 cm³/mol. The molecule has 3 N–H and O–H groups in total. The number of carbonyl (C=O) groups is 1. The van der Waals surface area contributed by atoms with E-state index in [0.29, 0.717) is 48.0 Å². The van der Waals surface area contributed by atoms with Crippen molar-refractivity contribution in [2.45, 2.75) is 25.7 Å². The van der Waals surface area contributed by atoms with Gasteiger partial charge in [0.05, 0.1) is 36.3 Å². The van der Waals surface area contributed by atoms with Crippen molar-refractivity contribution in [2.24, 2.45) is 0 Å². The fourth-order valence-corrected chi connectivity index (χ4v) is 4.73. The predicted octanol–water partition coefficient (Wildman–Crippen LogP) is 4.14. The maximum Gasteiger partial charge on any atom is 0.320 e. The molecular weight excluding hydrogens is 534 g/mol. The summed E-state index contributed by atoms with van der Waals surface area (Å²) in [7, 11) is 1.56. The first-order valence-electron chi connectivity index (χ1n) is 13.0. The Bertz CT molecular complexity index is 1520. The molecule has 214 valence electrons. The van der Waals surface area contributed by atoms with Crippen LogP contribution in [0, 0.1) is 18.6 Å². The number of hydroxylamine groups is 2. The number of ether oxygens (including phenoxy) is 1. The summed E-state index contributed by atoms with van der Waals surface area (Å²) in [6.45, 7) is 2.72. The molecule has 10 nitrogen and oxygen atoms in total. The zero-order valence-electron chi connectivity index (χ0n) is 22.6. The van der Waals surface area contributed by atoms with Crippen molar-refractivity contribution >= 4 is 11.8 Å². The number of methoxy groups -OCH3 is 1. The minimum absolute atomic E-state index is 0.218. The summed E-state index contributed by atoms with van der Waals surface area (Å²) in [6.07, 6.45) is 0.840. The third-order valence-corrected chi connectivity index (χ3v) is 6.77. The monoisotopic (exact) mass is 564 g/mol. The fourth-order valence-electron chi connectivity index (χ4n) is 4.73. The Balaban J connectivity index is 1.43. The molecule has 0 bridgehead atoms. The standard InChI is InChI=1S/C29H30F2N6O4/c1-18-26(19-10-11-32-21(14-19)17-38)35-37(22-6-4-3-5-7-22)28(18)34-29(39)33-25-16-36(12-13-40-2)41-27(25)20-8-9-23(30)24(31)15-20/h3-11,14-15,25,27,38H,12-13,16-17H2,1-2H3,(H2,33,34,39)/t25-,27+/m1/s1. The van der Waals surface area contributed by atoms with Gasteiger partial charge in [-0.25, -0.2) is 18.3 Å². The highest BCUT2D eigenvalue weighted by molar-refractivity contribution is 5.91. The van der Waals surface area contributed by atoms with E-state index in [4.69, 9.17) is 14.7 Å². The number of hydrogen-bond acceptors (Lipinski definition) is 7. The highest BCUT2D eigenvalue weighted by Crippen LogP contribution is 2.32. The van der Waals surface area contributed by atoms with E-state index < -0.39 is 29.8 Å². The van der Waals surface area contributed by atoms with Gasteiger partial charge in [-0.2, -0.15) is 10.2 Å². The first-order valence-corrected chi connectivity index (χ1v) is 13.0. The van der Waals surface area contributed by atoms with E-state index in [1.807, 2.05) is 37.3 Å². The molecule has 2 aromatic carbocycles. The molecule has 2 aromatic heterocycles. The average Bonchev–Trinajstić information content (AvgIpc) is 3.54. The zero-order chi connectivity index (χ0) is 28.9. The molecule has 12 heteroatoms. The molecule has 0 radical (unpaired) electrons. The molecule has 0 unspecified atom stereocenters. The number of amides is 2. The molecule has 1 aliphatic rings. The Labute approximate surface area is 235 Å². The molecule has 1 saturated heterocycles. The number of nitrogens with zero attached hydrogens (tertiary/aromatic N) is 4. The number of aromatic nitrogens is 3. The van der Waals surface area contributed by atoms with Gasteiger partial charge in [-0.3, -0.25) is 15.1 Å². The number of carbonyl (C=O) groups excluding carboxylic acids is 1. The third kappa shape index (κ3) is 6.25. The molecule has 3 heterocycles. The quantitative estimate of drug-likeness (QED) is 0.280. The number of nitrogens with one attached hydrogen (secondary N) is 2. The Hall–Kier alpha value is -4.23. The minimum atomic E-state index is -1.000. The molecule has 1 fully saturated rings. The molecule has 2 atom stereocenters. The lowest BCUT2D eigenvalue weighted by Gasteiger charge is -2.20. The van der Waals surface area contributed by atoms with Crippen LogP contribution in [0.3, 0.4) is 0 Å². The number of aliphatic hydroxyl groups excluding tert-OH is 1. The number of halogens is 2. The second-order valence-electron chi connectivity index (χ2n) is 9.55. The van der Waals surface area contributed by atoms with E-state index in [1.54, 1.807) is 35.2 Å². The van der Waals surface area contributed by atoms with E-state index in [1.165, 1.54) is 6.07 Å². The number of rotatable bonds is 9. The topological polar surface area (TPSA) is 114 Å². The molecule has 4 aromatic rings. The second kappa shape index (κ2) is 12.5. The van der Waals surface area contributed by atoms with Crippen LogP contribution in [0.5, 0.6) is 0 Å². The molecular formula is C29H30F2N6O4. The molecule has 1 aliphatic heterocycles. The van der Waals surface area contributed by atoms with Crippen molar-refractivity contribution in [1.29, 1.82) is 0 Å². The van der Waals surface area contributed by atoms with Crippen LogP contribution in [0.4, 0.5) is 19.4 Å². The second-order valence-corrected chi connectivity index (χ2v) is 9.55. The fraction of sp³-hybridized carbons (Fsp3) is 0.276. The SMILES string of the molecule is COCCN1C[C@@H](NC(=O)Nc2c(C)c(-c3ccnc(CO)c3)nn2-c2ccccc2)[C@H](c2ccc(F)c(F)c2)O1. The van der Waals surface area contributed by atoms with Crippen LogP contribution in [0.15, 0.2) is 66.9 Å². The van der Waals surface area contributed by atoms with Crippen LogP contribution in [0.2, 0.25) is 0 Å². The third-order valence-electron chi connectivity index (χ3n) is 6.77. The number of urea groups is 1. The van der Waals surface area contributed by atoms with Gasteiger partial charge in [-0.15, -0.1) is 0 Å². The Morgan fingerprint density at radius 3 is 2.68 bits per heavy atom. The van der Waals surface area contributed by atoms with Crippen molar-refractivity contribution in [2.75, 3.05) is 32.1 Å². The van der Waals surface area contributed by atoms with Crippen molar-refractivity contribution in [3.8, 4) is 16.9 Å². The van der Waals surface area contributed by atoms with Gasteiger partial charge in [0.2, 0.25) is 0 Å². The lowest BCUT2D eigenvalue weighted by Crippen LogP contribution is -2.42. The first-order chi connectivity index (χ1) is 19.9. The number of para-hydroxylation sites is 1. The Kier molecular flexibility index (Phi) is 8.64. The summed E-state index contributed by atoms with van der Waals surface area (Å²) in [6, 6.07) is 15.3. The minimum Gasteiger partial charge on any atom is -0.390 e. The van der Waals surface area contributed by atoms with Gasteiger partial charge in [-0.1, -0.05) is 24.3 Å². The number of benzene rings is 2. The van der Waals surface area contributed by atoms with Crippen LogP contribution in [0.1, 0.15) is 22.9 Å². The number of anilines is 1. The van der Waals surface area contributed by atoms with Gasteiger partial charge in [0, 0.05) is 37.5 Å². The number of hydrogen-bond donors (Lipinski definition) is 3. The van der Waals surface area contributed by atoms with Gasteiger partial charge in [0.1, 0.15) is 11.9 Å². The van der Waals surface area contributed by atoms with E-state index in [2.05, 4.69) is 15.6 Å². The molecule has 41 heavy (non-hydrogen) atoms. The van der Waals surface area contributed by atoms with Crippen molar-refractivity contribution in [3.63, 3.8) is 0 Å². The maximum absolute atomic E-state index is 14.1. The molecule has 2 amide bonds. The summed E-state index contributed by atoms with van der Waals surface area (Å²) >= 11 is 0. The summed E-state index contributed by atoms with van der Waals surface area (Å²) in [5, 5.41) is 21.8. The highest BCUT2D eigenvalue weighted by Gasteiger charge is 2.37. The summed E-state index contributed by atoms with van der Waals surface area (Å²) in [5.74, 6) is -1.53. The smallest absolute Gasteiger partial charge is 0.320 e. The van der Waals surface area contributed by atoms with Crippen molar-refractivity contribution in [3.05, 3.63) is 95.3 Å². The van der Waals surface area contributed by atoms with Crippen molar-refractivity contribution < 1.29 is 28.3 Å². The molecule has 0 spiro atoms. The highest BCUT2D eigenvalue weighted by atomic mass is 19.2. The van der Waals surface area contributed by atoms with E-state index >= 15 is 0 Å². The molecule has 0 saturated carbocycles. The largest absolute Gasteiger partial charge is 0.390 e. The number of aliphatic hydroxyl groups is 1. The lowest BCUT2D eigenvalue weighted by atomic mass is 10.0. The van der Waals surface area contributed by atoms with Crippen LogP contribution >= 0.6 is 0 Å². The van der Waals surface area contributed by atoms with Crippen LogP contribution in [0.25, 0.3) is 16.9 Å². The van der Waals surface area contributed by atoms with E-state index in [9.17, 15) is 18.7 Å². The van der Waals surface area contributed by atoms with Gasteiger partial charge in [-0.05, 0) is 48.9 Å². The summed E-state index contributed by atoms with van der Waals surface area (Å²) in [5.41, 5.74) is 3.64. The number of pyridine rings is 1. The first kappa shape index (κ1) is 28.3. The lowest BCUT2D eigenvalue weighted by molar-refractivity contribution is -0.154. The van der Waals surface area contributed by atoms with Crippen LogP contribution in [-0.4, -0.2) is 63.8 Å². The average molecular weight is 565 g/mol. The van der Waals surface area contributed by atoms with Crippen LogP contribution in [-0.2, 0) is 16.2 Å². The van der Waals surface area contributed by atoms with Crippen LogP contribution < -0.4 is 10.6 Å². The van der Waals surface area contributed by atoms with Gasteiger partial charge < -0.3 is 15.2 Å². The van der Waals surface area contributed by atoms with Gasteiger partial charge in [0.25, 0.3) is 0 Å². The molecule has 5 rings (SSSR count). The Morgan fingerprint density at radius 2 is 1.95 bits per heavy atom. The van der Waals surface area contributed by atoms with Gasteiger partial charge in [0.15, 0.2) is 11.6 Å². The van der Waals surface area contributed by atoms with E-state index in [-0.39, 0.29) is 6.61 Å². The Morgan fingerprint density at radius 1 is 1.15 bits per heavy atom.